The van der Waals surface area contributed by atoms with Crippen LogP contribution < -0.4 is 0 Å². The summed E-state index contributed by atoms with van der Waals surface area (Å²) in [7, 11) is 0. The van der Waals surface area contributed by atoms with Gasteiger partial charge in [-0.15, -0.1) is 0 Å². The Kier molecular flexibility index (Phi) is 32.5. The van der Waals surface area contributed by atoms with Gasteiger partial charge in [0.2, 0.25) is 0 Å². The number of hydrogen-bond donors (Lipinski definition) is 0. The fourth-order valence-corrected chi connectivity index (χ4v) is 0.504. The zero-order chi connectivity index (χ0) is 10.4. The molecule has 0 nitrogen and oxygen atoms in total. The highest BCUT2D eigenvalue weighted by Crippen LogP contribution is 1.92. The smallest absolute Gasteiger partial charge is 0.0398 e. The minimum Gasteiger partial charge on any atom is -0.0991 e. The molecule has 0 rings (SSSR count). The van der Waals surface area contributed by atoms with Crippen LogP contribution in [0, 0.1) is 0 Å². The first kappa shape index (κ1) is 17.3. The van der Waals surface area contributed by atoms with Gasteiger partial charge in [-0.2, -0.15) is 0 Å². The van der Waals surface area contributed by atoms with Crippen LogP contribution in [0.25, 0.3) is 0 Å². The molecule has 0 saturated carbocycles. The van der Waals surface area contributed by atoms with Gasteiger partial charge >= 0.3 is 0 Å². The minimum absolute atomic E-state index is 1.24. The second-order valence-corrected chi connectivity index (χ2v) is 1.65. The van der Waals surface area contributed by atoms with Gasteiger partial charge in [0.25, 0.3) is 0 Å². The average Bonchev–Trinajstić information content (AvgIpc) is 2.12. The van der Waals surface area contributed by atoms with Crippen molar-refractivity contribution in [3.8, 4) is 0 Å². The van der Waals surface area contributed by atoms with Crippen LogP contribution in [0.15, 0.2) is 36.5 Å². The Morgan fingerprint density at radius 1 is 1.08 bits per heavy atom. The average molecular weight is 168 g/mol. The Bertz CT molecular complexity index is 116. The molecule has 0 aliphatic carbocycles. The molecule has 12 heavy (non-hydrogen) atoms. The number of hydrogen-bond acceptors (Lipinski definition) is 0. The van der Waals surface area contributed by atoms with Crippen LogP contribution in [0.5, 0.6) is 0 Å². The van der Waals surface area contributed by atoms with Gasteiger partial charge in [0.1, 0.15) is 0 Å². The molecular formula is C12H24. The third-order valence-electron chi connectivity index (χ3n) is 0.810. The van der Waals surface area contributed by atoms with Crippen molar-refractivity contribution in [3.05, 3.63) is 36.5 Å². The van der Waals surface area contributed by atoms with E-state index in [-0.39, 0.29) is 0 Å². The van der Waals surface area contributed by atoms with E-state index in [1.54, 1.807) is 6.08 Å². The molecule has 0 aromatic carbocycles. The second-order valence-electron chi connectivity index (χ2n) is 1.65. The zero-order valence-corrected chi connectivity index (χ0v) is 9.52. The first-order valence-electron chi connectivity index (χ1n) is 4.73. The van der Waals surface area contributed by atoms with Gasteiger partial charge in [0.15, 0.2) is 0 Å². The van der Waals surface area contributed by atoms with Gasteiger partial charge in [0.05, 0.1) is 0 Å². The summed E-state index contributed by atoms with van der Waals surface area (Å²) >= 11 is 0. The van der Waals surface area contributed by atoms with Crippen molar-refractivity contribution in [1.29, 1.82) is 0 Å². The monoisotopic (exact) mass is 168 g/mol. The molecule has 0 unspecified atom stereocenters. The largest absolute Gasteiger partial charge is 0.0991 e. The van der Waals surface area contributed by atoms with Crippen molar-refractivity contribution in [1.82, 2.24) is 0 Å². The maximum Gasteiger partial charge on any atom is -0.0398 e. The summed E-state index contributed by atoms with van der Waals surface area (Å²) in [5.41, 5.74) is 1.24. The SMILES string of the molecule is C=C/C=C(C)\C=C\C.CC.CC. The van der Waals surface area contributed by atoms with Gasteiger partial charge in [-0.1, -0.05) is 64.2 Å². The van der Waals surface area contributed by atoms with Crippen molar-refractivity contribution in [2.45, 2.75) is 41.5 Å². The molecular weight excluding hydrogens is 144 g/mol. The van der Waals surface area contributed by atoms with Crippen LogP contribution in [-0.4, -0.2) is 0 Å². The van der Waals surface area contributed by atoms with E-state index in [2.05, 4.69) is 6.58 Å². The van der Waals surface area contributed by atoms with E-state index in [4.69, 9.17) is 0 Å². The van der Waals surface area contributed by atoms with E-state index in [0.717, 1.165) is 0 Å². The molecule has 72 valence electrons. The van der Waals surface area contributed by atoms with Crippen molar-refractivity contribution in [3.63, 3.8) is 0 Å². The molecule has 0 spiro atoms. The normalized spacial score (nSPS) is 9.33. The first-order valence-corrected chi connectivity index (χ1v) is 4.73. The maximum absolute atomic E-state index is 3.57. The minimum atomic E-state index is 1.24. The predicted molar refractivity (Wildman–Crippen MR) is 61.5 cm³/mol. The van der Waals surface area contributed by atoms with E-state index < -0.39 is 0 Å². The van der Waals surface area contributed by atoms with Crippen LogP contribution in [0.2, 0.25) is 0 Å². The van der Waals surface area contributed by atoms with E-state index in [9.17, 15) is 0 Å². The highest BCUT2D eigenvalue weighted by molar-refractivity contribution is 5.19. The fraction of sp³-hybridized carbons (Fsp3) is 0.500. The number of allylic oxidation sites excluding steroid dienone is 5. The van der Waals surface area contributed by atoms with Crippen molar-refractivity contribution < 1.29 is 0 Å². The molecule has 0 bridgehead atoms. The van der Waals surface area contributed by atoms with E-state index >= 15 is 0 Å². The molecule has 0 radical (unpaired) electrons. The lowest BCUT2D eigenvalue weighted by Gasteiger charge is -1.82. The topological polar surface area (TPSA) is 0 Å². The Hall–Kier alpha value is -0.780. The third-order valence-corrected chi connectivity index (χ3v) is 0.810. The van der Waals surface area contributed by atoms with Crippen molar-refractivity contribution in [2.75, 3.05) is 0 Å². The Labute approximate surface area is 78.7 Å². The van der Waals surface area contributed by atoms with Gasteiger partial charge in [-0.25, -0.2) is 0 Å². The molecule has 0 aromatic heterocycles. The molecule has 0 aliphatic heterocycles. The highest BCUT2D eigenvalue weighted by atomic mass is 13.8. The fourth-order valence-electron chi connectivity index (χ4n) is 0.504. The molecule has 0 fully saturated rings. The molecule has 0 heteroatoms. The lowest BCUT2D eigenvalue weighted by Crippen LogP contribution is -1.61. The zero-order valence-electron chi connectivity index (χ0n) is 9.52. The third kappa shape index (κ3) is 22.9. The summed E-state index contributed by atoms with van der Waals surface area (Å²) in [6.45, 7) is 15.6. The molecule has 0 heterocycles. The lowest BCUT2D eigenvalue weighted by molar-refractivity contribution is 1.50. The standard InChI is InChI=1S/C8H12.2C2H6/c1-4-6-8(3)7-5-2;2*1-2/h4-7H,1H2,2-3H3;2*1-2H3/b7-5+,8-6-;;. The predicted octanol–water partition coefficient (Wildman–Crippen LogP) is 4.75. The maximum atomic E-state index is 3.57. The molecule has 0 amide bonds. The van der Waals surface area contributed by atoms with Gasteiger partial charge in [-0.05, 0) is 13.8 Å². The van der Waals surface area contributed by atoms with Crippen LogP contribution in [0.1, 0.15) is 41.5 Å². The first-order chi connectivity index (χ1) is 5.81. The summed E-state index contributed by atoms with van der Waals surface area (Å²) in [4.78, 5) is 0. The summed E-state index contributed by atoms with van der Waals surface area (Å²) in [5.74, 6) is 0. The second kappa shape index (κ2) is 22.5. The quantitative estimate of drug-likeness (QED) is 0.522. The van der Waals surface area contributed by atoms with E-state index in [1.165, 1.54) is 5.57 Å². The summed E-state index contributed by atoms with van der Waals surface area (Å²) in [6, 6.07) is 0. The number of rotatable bonds is 2. The van der Waals surface area contributed by atoms with Gasteiger partial charge in [0, 0.05) is 0 Å². The molecule has 0 atom stereocenters. The van der Waals surface area contributed by atoms with Gasteiger partial charge < -0.3 is 0 Å². The van der Waals surface area contributed by atoms with Gasteiger partial charge in [-0.3, -0.25) is 0 Å². The van der Waals surface area contributed by atoms with E-state index in [0.29, 0.717) is 0 Å². The van der Waals surface area contributed by atoms with Crippen LogP contribution in [0.4, 0.5) is 0 Å². The van der Waals surface area contributed by atoms with E-state index in [1.807, 2.05) is 59.8 Å². The van der Waals surface area contributed by atoms with Crippen LogP contribution in [-0.2, 0) is 0 Å². The van der Waals surface area contributed by atoms with Crippen molar-refractivity contribution >= 4 is 0 Å². The summed E-state index contributed by atoms with van der Waals surface area (Å²) in [5, 5.41) is 0. The summed E-state index contributed by atoms with van der Waals surface area (Å²) < 4.78 is 0. The van der Waals surface area contributed by atoms with Crippen LogP contribution >= 0.6 is 0 Å². The highest BCUT2D eigenvalue weighted by Gasteiger charge is 1.71. The molecule has 0 N–H and O–H groups in total. The Morgan fingerprint density at radius 3 is 1.75 bits per heavy atom. The van der Waals surface area contributed by atoms with Crippen LogP contribution in [0.3, 0.4) is 0 Å². The molecule has 0 saturated heterocycles. The lowest BCUT2D eigenvalue weighted by atomic mass is 10.2. The Balaban J connectivity index is -0.000000175. The molecule has 0 aliphatic rings. The summed E-state index contributed by atoms with van der Waals surface area (Å²) in [6.07, 6.45) is 7.81. The Morgan fingerprint density at radius 2 is 1.50 bits per heavy atom. The molecule has 0 aromatic rings. The van der Waals surface area contributed by atoms with Crippen molar-refractivity contribution in [2.24, 2.45) is 0 Å².